The lowest BCUT2D eigenvalue weighted by Crippen LogP contribution is -2.35. The van der Waals surface area contributed by atoms with E-state index in [-0.39, 0.29) is 0 Å². The summed E-state index contributed by atoms with van der Waals surface area (Å²) in [7, 11) is 0. The zero-order valence-electron chi connectivity index (χ0n) is 12.4. The van der Waals surface area contributed by atoms with Crippen molar-refractivity contribution in [3.05, 3.63) is 48.3 Å². The van der Waals surface area contributed by atoms with E-state index in [0.717, 1.165) is 6.54 Å². The summed E-state index contributed by atoms with van der Waals surface area (Å²) in [6.07, 6.45) is 8.74. The maximum absolute atomic E-state index is 2.48. The second-order valence-corrected chi connectivity index (χ2v) is 5.57. The van der Waals surface area contributed by atoms with Crippen LogP contribution >= 0.6 is 0 Å². The molecule has 1 aliphatic rings. The number of nitrogens with zero attached hydrogens (tertiary/aromatic N) is 2. The molecule has 2 heteroatoms. The van der Waals surface area contributed by atoms with Gasteiger partial charge in [-0.25, -0.2) is 0 Å². The summed E-state index contributed by atoms with van der Waals surface area (Å²) in [5.41, 5.74) is 1.39. The van der Waals surface area contributed by atoms with E-state index in [1.165, 1.54) is 24.8 Å². The van der Waals surface area contributed by atoms with Gasteiger partial charge in [0.05, 0.1) is 0 Å². The van der Waals surface area contributed by atoms with Gasteiger partial charge in [-0.1, -0.05) is 50.1 Å². The van der Waals surface area contributed by atoms with Gasteiger partial charge in [-0.2, -0.15) is 0 Å². The molecule has 1 aliphatic heterocycles. The molecule has 0 saturated heterocycles. The average molecular weight is 258 g/mol. The van der Waals surface area contributed by atoms with Crippen molar-refractivity contribution in [1.82, 2.24) is 9.80 Å². The first kappa shape index (κ1) is 14.0. The van der Waals surface area contributed by atoms with E-state index in [4.69, 9.17) is 0 Å². The molecule has 1 heterocycles. The van der Waals surface area contributed by atoms with Gasteiger partial charge in [0.25, 0.3) is 0 Å². The highest BCUT2D eigenvalue weighted by atomic mass is 15.4. The highest BCUT2D eigenvalue weighted by molar-refractivity contribution is 5.22. The van der Waals surface area contributed by atoms with Gasteiger partial charge >= 0.3 is 0 Å². The zero-order valence-corrected chi connectivity index (χ0v) is 12.4. The molecular weight excluding hydrogens is 232 g/mol. The molecule has 0 N–H and O–H groups in total. The van der Waals surface area contributed by atoms with Crippen LogP contribution in [0.1, 0.15) is 51.8 Å². The van der Waals surface area contributed by atoms with Gasteiger partial charge in [0.1, 0.15) is 6.17 Å². The minimum absolute atomic E-state index is 0.373. The predicted molar refractivity (Wildman–Crippen MR) is 81.5 cm³/mol. The van der Waals surface area contributed by atoms with Gasteiger partial charge in [-0.15, -0.1) is 0 Å². The Balaban J connectivity index is 2.12. The van der Waals surface area contributed by atoms with Gasteiger partial charge in [0.2, 0.25) is 0 Å². The number of benzene rings is 1. The van der Waals surface area contributed by atoms with Crippen LogP contribution in [-0.2, 0) is 0 Å². The van der Waals surface area contributed by atoms with Crippen LogP contribution in [0.4, 0.5) is 0 Å². The molecule has 1 atom stereocenters. The van der Waals surface area contributed by atoms with Crippen molar-refractivity contribution >= 4 is 0 Å². The Hall–Kier alpha value is -1.44. The van der Waals surface area contributed by atoms with Gasteiger partial charge < -0.3 is 9.80 Å². The molecule has 2 rings (SSSR count). The molecule has 19 heavy (non-hydrogen) atoms. The van der Waals surface area contributed by atoms with Crippen molar-refractivity contribution in [1.29, 1.82) is 0 Å². The van der Waals surface area contributed by atoms with Gasteiger partial charge in [-0.3, -0.25) is 0 Å². The fourth-order valence-electron chi connectivity index (χ4n) is 2.68. The van der Waals surface area contributed by atoms with E-state index in [1.807, 2.05) is 0 Å². The predicted octanol–water partition coefficient (Wildman–Crippen LogP) is 4.37. The van der Waals surface area contributed by atoms with Gasteiger partial charge in [0.15, 0.2) is 0 Å². The summed E-state index contributed by atoms with van der Waals surface area (Å²) in [4.78, 5) is 4.92. The molecule has 1 unspecified atom stereocenters. The van der Waals surface area contributed by atoms with Crippen molar-refractivity contribution < 1.29 is 0 Å². The highest BCUT2D eigenvalue weighted by Crippen LogP contribution is 2.32. The van der Waals surface area contributed by atoms with Crippen LogP contribution in [0.3, 0.4) is 0 Å². The maximum atomic E-state index is 2.48. The number of rotatable bonds is 6. The molecule has 0 bridgehead atoms. The van der Waals surface area contributed by atoms with Crippen LogP contribution in [0.15, 0.2) is 42.7 Å². The highest BCUT2D eigenvalue weighted by Gasteiger charge is 2.28. The fraction of sp³-hybridized carbons (Fsp3) is 0.529. The molecular formula is C17H26N2. The van der Waals surface area contributed by atoms with Crippen LogP contribution in [0, 0.1) is 0 Å². The van der Waals surface area contributed by atoms with Crippen LogP contribution in [0.2, 0.25) is 0 Å². The van der Waals surface area contributed by atoms with Crippen LogP contribution < -0.4 is 0 Å². The van der Waals surface area contributed by atoms with E-state index in [9.17, 15) is 0 Å². The number of hydrogen-bond donors (Lipinski definition) is 0. The molecule has 0 spiro atoms. The Kier molecular flexibility index (Phi) is 4.89. The molecule has 2 nitrogen and oxygen atoms in total. The molecule has 0 radical (unpaired) electrons. The lowest BCUT2D eigenvalue weighted by molar-refractivity contribution is 0.126. The lowest BCUT2D eigenvalue weighted by Gasteiger charge is -2.35. The molecule has 1 aromatic rings. The molecule has 0 aliphatic carbocycles. The lowest BCUT2D eigenvalue weighted by atomic mass is 10.1. The molecule has 104 valence electrons. The zero-order chi connectivity index (χ0) is 13.7. The van der Waals surface area contributed by atoms with E-state index < -0.39 is 0 Å². The van der Waals surface area contributed by atoms with Crippen molar-refractivity contribution in [2.45, 2.75) is 52.2 Å². The maximum Gasteiger partial charge on any atom is 0.127 e. The molecule has 0 saturated carbocycles. The first-order valence-corrected chi connectivity index (χ1v) is 7.50. The minimum Gasteiger partial charge on any atom is -0.352 e. The Labute approximate surface area is 117 Å². The molecule has 0 fully saturated rings. The molecule has 1 aromatic carbocycles. The third-order valence-electron chi connectivity index (χ3n) is 3.74. The smallest absolute Gasteiger partial charge is 0.127 e. The standard InChI is InChI=1S/C17H26N2/c1-4-5-9-12-18-13-14-19(15(2)3)17(18)16-10-7-6-8-11-16/h6-8,10-11,13-15,17H,4-5,9,12H2,1-3H3. The monoisotopic (exact) mass is 258 g/mol. The Bertz CT molecular complexity index is 397. The summed E-state index contributed by atoms with van der Waals surface area (Å²) in [5.74, 6) is 0. The Morgan fingerprint density at radius 3 is 2.42 bits per heavy atom. The first-order valence-electron chi connectivity index (χ1n) is 7.50. The average Bonchev–Trinajstić information content (AvgIpc) is 2.84. The first-order chi connectivity index (χ1) is 9.24. The third-order valence-corrected chi connectivity index (χ3v) is 3.74. The normalized spacial score (nSPS) is 18.6. The second kappa shape index (κ2) is 6.65. The quantitative estimate of drug-likeness (QED) is 0.699. The molecule has 0 aromatic heterocycles. The Morgan fingerprint density at radius 2 is 1.79 bits per heavy atom. The van der Waals surface area contributed by atoms with Crippen molar-refractivity contribution in [2.24, 2.45) is 0 Å². The summed E-state index contributed by atoms with van der Waals surface area (Å²) in [6.45, 7) is 7.92. The SMILES string of the molecule is CCCCCN1C=CN(C(C)C)C1c1ccccc1. The van der Waals surface area contributed by atoms with Crippen LogP contribution in [0.5, 0.6) is 0 Å². The van der Waals surface area contributed by atoms with Crippen LogP contribution in [0.25, 0.3) is 0 Å². The largest absolute Gasteiger partial charge is 0.352 e. The van der Waals surface area contributed by atoms with Crippen molar-refractivity contribution in [3.63, 3.8) is 0 Å². The summed E-state index contributed by atoms with van der Waals surface area (Å²) in [5, 5.41) is 0. The summed E-state index contributed by atoms with van der Waals surface area (Å²) < 4.78 is 0. The topological polar surface area (TPSA) is 6.48 Å². The second-order valence-electron chi connectivity index (χ2n) is 5.57. The van der Waals surface area contributed by atoms with Crippen molar-refractivity contribution in [3.8, 4) is 0 Å². The summed E-state index contributed by atoms with van der Waals surface area (Å²) in [6, 6.07) is 11.4. The van der Waals surface area contributed by atoms with Gasteiger partial charge in [0, 0.05) is 25.0 Å². The van der Waals surface area contributed by atoms with Gasteiger partial charge in [-0.05, 0) is 25.8 Å². The van der Waals surface area contributed by atoms with Crippen LogP contribution in [-0.4, -0.2) is 22.4 Å². The number of unbranched alkanes of at least 4 members (excludes halogenated alkanes) is 2. The molecule has 0 amide bonds. The third kappa shape index (κ3) is 3.31. The Morgan fingerprint density at radius 1 is 1.05 bits per heavy atom. The van der Waals surface area contributed by atoms with E-state index in [2.05, 4.69) is 73.3 Å². The fourth-order valence-corrected chi connectivity index (χ4v) is 2.68. The van der Waals surface area contributed by atoms with Crippen molar-refractivity contribution in [2.75, 3.05) is 6.54 Å². The summed E-state index contributed by atoms with van der Waals surface area (Å²) >= 11 is 0. The van der Waals surface area contributed by atoms with E-state index >= 15 is 0 Å². The minimum atomic E-state index is 0.373. The van der Waals surface area contributed by atoms with E-state index in [1.54, 1.807) is 0 Å². The number of hydrogen-bond acceptors (Lipinski definition) is 2. The van der Waals surface area contributed by atoms with E-state index in [0.29, 0.717) is 12.2 Å².